The largest absolute Gasteiger partial charge is 0.319 e. The van der Waals surface area contributed by atoms with Crippen LogP contribution < -0.4 is 5.32 Å². The maximum atomic E-state index is 4.64. The van der Waals surface area contributed by atoms with Crippen LogP contribution in [0.5, 0.6) is 0 Å². The molecular formula is C15H29N3. The maximum absolute atomic E-state index is 4.64. The Balaban J connectivity index is 2.75. The summed E-state index contributed by atoms with van der Waals surface area (Å²) in [7, 11) is 2.04. The fraction of sp³-hybridized carbons (Fsp3) is 0.800. The second-order valence-electron chi connectivity index (χ2n) is 5.55. The van der Waals surface area contributed by atoms with E-state index in [1.54, 1.807) is 0 Å². The first-order valence-electron chi connectivity index (χ1n) is 7.30. The van der Waals surface area contributed by atoms with Crippen LogP contribution in [0, 0.1) is 11.8 Å². The highest BCUT2D eigenvalue weighted by atomic mass is 15.3. The molecule has 1 unspecified atom stereocenters. The lowest BCUT2D eigenvalue weighted by Crippen LogP contribution is -2.23. The van der Waals surface area contributed by atoms with Gasteiger partial charge in [0.2, 0.25) is 0 Å². The first-order chi connectivity index (χ1) is 8.60. The van der Waals surface area contributed by atoms with Crippen LogP contribution in [-0.2, 0) is 19.4 Å². The van der Waals surface area contributed by atoms with Crippen LogP contribution in [0.15, 0.2) is 6.07 Å². The Bertz CT molecular complexity index is 342. The molecule has 0 radical (unpaired) electrons. The summed E-state index contributed by atoms with van der Waals surface area (Å²) in [6.07, 6.45) is 3.44. The van der Waals surface area contributed by atoms with Gasteiger partial charge in [-0.25, -0.2) is 0 Å². The molecule has 0 saturated carbocycles. The summed E-state index contributed by atoms with van der Waals surface area (Å²) < 4.78 is 2.17. The highest BCUT2D eigenvalue weighted by Crippen LogP contribution is 2.18. The lowest BCUT2D eigenvalue weighted by atomic mass is 9.92. The summed E-state index contributed by atoms with van der Waals surface area (Å²) in [5, 5.41) is 7.96. The molecule has 0 aliphatic rings. The van der Waals surface area contributed by atoms with Crippen LogP contribution in [-0.4, -0.2) is 23.4 Å². The lowest BCUT2D eigenvalue weighted by molar-refractivity contribution is 0.385. The Morgan fingerprint density at radius 1 is 1.33 bits per heavy atom. The normalized spacial score (nSPS) is 13.2. The first kappa shape index (κ1) is 15.2. The third kappa shape index (κ3) is 4.45. The Hall–Kier alpha value is -0.830. The molecule has 18 heavy (non-hydrogen) atoms. The van der Waals surface area contributed by atoms with Gasteiger partial charge in [-0.05, 0) is 57.7 Å². The molecule has 0 aromatic carbocycles. The zero-order valence-electron chi connectivity index (χ0n) is 12.7. The molecule has 104 valence electrons. The van der Waals surface area contributed by atoms with Crippen LogP contribution in [0.4, 0.5) is 0 Å². The molecule has 3 heteroatoms. The van der Waals surface area contributed by atoms with Crippen LogP contribution in [0.3, 0.4) is 0 Å². The first-order valence-corrected chi connectivity index (χ1v) is 7.30. The van der Waals surface area contributed by atoms with Crippen molar-refractivity contribution >= 4 is 0 Å². The molecule has 1 rings (SSSR count). The summed E-state index contributed by atoms with van der Waals surface area (Å²) in [5.41, 5.74) is 2.62. The van der Waals surface area contributed by atoms with E-state index >= 15 is 0 Å². The highest BCUT2D eigenvalue weighted by molar-refractivity contribution is 5.11. The molecule has 1 aromatic rings. The zero-order chi connectivity index (χ0) is 13.5. The van der Waals surface area contributed by atoms with Gasteiger partial charge < -0.3 is 5.32 Å². The minimum absolute atomic E-state index is 0.710. The fourth-order valence-electron chi connectivity index (χ4n) is 2.62. The SMILES string of the molecule is CCc1cc(CC(CNC)CC(C)C)n(CC)n1. The number of nitrogens with one attached hydrogen (secondary N) is 1. The van der Waals surface area contributed by atoms with Crippen molar-refractivity contribution in [3.8, 4) is 0 Å². The Morgan fingerprint density at radius 2 is 2.06 bits per heavy atom. The Morgan fingerprint density at radius 3 is 2.56 bits per heavy atom. The second-order valence-corrected chi connectivity index (χ2v) is 5.55. The van der Waals surface area contributed by atoms with Crippen molar-refractivity contribution in [1.29, 1.82) is 0 Å². The van der Waals surface area contributed by atoms with Crippen LogP contribution in [0.1, 0.15) is 45.5 Å². The fourth-order valence-corrected chi connectivity index (χ4v) is 2.62. The van der Waals surface area contributed by atoms with Gasteiger partial charge in [0.05, 0.1) is 5.69 Å². The van der Waals surface area contributed by atoms with Gasteiger partial charge in [0.1, 0.15) is 0 Å². The van der Waals surface area contributed by atoms with E-state index in [0.29, 0.717) is 5.92 Å². The van der Waals surface area contributed by atoms with Crippen molar-refractivity contribution in [1.82, 2.24) is 15.1 Å². The van der Waals surface area contributed by atoms with Crippen molar-refractivity contribution < 1.29 is 0 Å². The molecule has 0 spiro atoms. The second kappa shape index (κ2) is 7.57. The van der Waals surface area contributed by atoms with Gasteiger partial charge in [-0.1, -0.05) is 20.8 Å². The summed E-state index contributed by atoms with van der Waals surface area (Å²) in [4.78, 5) is 0. The van der Waals surface area contributed by atoms with E-state index in [-0.39, 0.29) is 0 Å². The number of hydrogen-bond acceptors (Lipinski definition) is 2. The standard InChI is InChI=1S/C15H29N3/c1-6-14-10-15(18(7-2)17-14)9-13(11-16-5)8-12(3)4/h10,12-13,16H,6-9,11H2,1-5H3. The molecule has 1 heterocycles. The maximum Gasteiger partial charge on any atom is 0.0624 e. The van der Waals surface area contributed by atoms with Crippen molar-refractivity contribution in [2.75, 3.05) is 13.6 Å². The van der Waals surface area contributed by atoms with E-state index in [1.807, 2.05) is 7.05 Å². The third-order valence-electron chi connectivity index (χ3n) is 3.37. The Kier molecular flexibility index (Phi) is 6.41. The molecule has 1 aromatic heterocycles. The zero-order valence-corrected chi connectivity index (χ0v) is 12.7. The van der Waals surface area contributed by atoms with E-state index in [9.17, 15) is 0 Å². The minimum atomic E-state index is 0.710. The molecule has 0 aliphatic heterocycles. The minimum Gasteiger partial charge on any atom is -0.319 e. The topological polar surface area (TPSA) is 29.9 Å². The van der Waals surface area contributed by atoms with Gasteiger partial charge in [0, 0.05) is 12.2 Å². The molecule has 0 fully saturated rings. The summed E-state index contributed by atoms with van der Waals surface area (Å²) >= 11 is 0. The predicted octanol–water partition coefficient (Wildman–Crippen LogP) is 2.89. The van der Waals surface area contributed by atoms with E-state index in [1.165, 1.54) is 17.8 Å². The molecule has 3 nitrogen and oxygen atoms in total. The van der Waals surface area contributed by atoms with Crippen molar-refractivity contribution in [3.63, 3.8) is 0 Å². The Labute approximate surface area is 112 Å². The quantitative estimate of drug-likeness (QED) is 0.770. The van der Waals surface area contributed by atoms with E-state index in [2.05, 4.69) is 48.9 Å². The molecular weight excluding hydrogens is 222 g/mol. The average molecular weight is 251 g/mol. The number of aromatic nitrogens is 2. The molecule has 1 N–H and O–H groups in total. The van der Waals surface area contributed by atoms with Gasteiger partial charge in [0.25, 0.3) is 0 Å². The number of hydrogen-bond donors (Lipinski definition) is 1. The lowest BCUT2D eigenvalue weighted by Gasteiger charge is -2.19. The predicted molar refractivity (Wildman–Crippen MR) is 77.9 cm³/mol. The summed E-state index contributed by atoms with van der Waals surface area (Å²) in [6.45, 7) is 11.0. The van der Waals surface area contributed by atoms with Gasteiger partial charge in [-0.2, -0.15) is 5.10 Å². The number of aryl methyl sites for hydroxylation is 2. The highest BCUT2D eigenvalue weighted by Gasteiger charge is 2.14. The third-order valence-corrected chi connectivity index (χ3v) is 3.37. The van der Waals surface area contributed by atoms with Gasteiger partial charge in [0.15, 0.2) is 0 Å². The van der Waals surface area contributed by atoms with Crippen LogP contribution in [0.2, 0.25) is 0 Å². The van der Waals surface area contributed by atoms with E-state index < -0.39 is 0 Å². The van der Waals surface area contributed by atoms with Crippen LogP contribution in [0.25, 0.3) is 0 Å². The van der Waals surface area contributed by atoms with Crippen molar-refractivity contribution in [2.45, 2.75) is 53.5 Å². The van der Waals surface area contributed by atoms with E-state index in [0.717, 1.165) is 31.8 Å². The smallest absolute Gasteiger partial charge is 0.0624 e. The van der Waals surface area contributed by atoms with Crippen molar-refractivity contribution in [2.24, 2.45) is 11.8 Å². The summed E-state index contributed by atoms with van der Waals surface area (Å²) in [5.74, 6) is 1.47. The van der Waals surface area contributed by atoms with Gasteiger partial charge in [-0.15, -0.1) is 0 Å². The number of rotatable bonds is 8. The molecule has 0 aliphatic carbocycles. The number of nitrogens with zero attached hydrogens (tertiary/aromatic N) is 2. The van der Waals surface area contributed by atoms with Crippen LogP contribution >= 0.6 is 0 Å². The molecule has 0 amide bonds. The summed E-state index contributed by atoms with van der Waals surface area (Å²) in [6, 6.07) is 2.28. The average Bonchev–Trinajstić information content (AvgIpc) is 2.71. The molecule has 1 atom stereocenters. The van der Waals surface area contributed by atoms with Gasteiger partial charge in [-0.3, -0.25) is 4.68 Å². The monoisotopic (exact) mass is 251 g/mol. The van der Waals surface area contributed by atoms with Gasteiger partial charge >= 0.3 is 0 Å². The van der Waals surface area contributed by atoms with Crippen molar-refractivity contribution in [3.05, 3.63) is 17.5 Å². The van der Waals surface area contributed by atoms with E-state index in [4.69, 9.17) is 0 Å². The molecule has 0 saturated heterocycles. The molecule has 0 bridgehead atoms.